The molecule has 0 bridgehead atoms. The van der Waals surface area contributed by atoms with Crippen LogP contribution in [0.2, 0.25) is 0 Å². The van der Waals surface area contributed by atoms with Crippen LogP contribution in [0.4, 0.5) is 11.4 Å². The van der Waals surface area contributed by atoms with Gasteiger partial charge in [0.15, 0.2) is 0 Å². The third-order valence-electron chi connectivity index (χ3n) is 3.80. The summed E-state index contributed by atoms with van der Waals surface area (Å²) >= 11 is 3.32. The first-order valence-corrected chi connectivity index (χ1v) is 10.4. The fourth-order valence-electron chi connectivity index (χ4n) is 2.44. The van der Waals surface area contributed by atoms with E-state index in [1.807, 2.05) is 13.0 Å². The fourth-order valence-corrected chi connectivity index (χ4v) is 3.76. The maximum absolute atomic E-state index is 12.5. The molecule has 0 heterocycles. The highest BCUT2D eigenvalue weighted by molar-refractivity contribution is 9.10. The average molecular weight is 445 g/mol. The van der Waals surface area contributed by atoms with Crippen LogP contribution < -0.4 is 10.0 Å². The van der Waals surface area contributed by atoms with E-state index in [0.29, 0.717) is 16.9 Å². The minimum Gasteiger partial charge on any atom is -0.322 e. The molecule has 3 rings (SSSR count). The molecule has 0 atom stereocenters. The van der Waals surface area contributed by atoms with Crippen LogP contribution in [-0.2, 0) is 10.0 Å². The third-order valence-corrected chi connectivity index (χ3v) is 5.73. The lowest BCUT2D eigenvalue weighted by Gasteiger charge is -2.10. The zero-order valence-corrected chi connectivity index (χ0v) is 16.8. The van der Waals surface area contributed by atoms with Crippen molar-refractivity contribution in [2.75, 3.05) is 10.0 Å². The van der Waals surface area contributed by atoms with E-state index < -0.39 is 10.0 Å². The van der Waals surface area contributed by atoms with Gasteiger partial charge in [-0.25, -0.2) is 8.42 Å². The van der Waals surface area contributed by atoms with Crippen molar-refractivity contribution >= 4 is 43.2 Å². The molecule has 27 heavy (non-hydrogen) atoms. The number of hydrogen-bond donors (Lipinski definition) is 2. The van der Waals surface area contributed by atoms with Gasteiger partial charge in [0.25, 0.3) is 15.9 Å². The largest absolute Gasteiger partial charge is 0.322 e. The van der Waals surface area contributed by atoms with Gasteiger partial charge in [0.1, 0.15) is 0 Å². The number of carbonyl (C=O) groups excluding carboxylic acids is 1. The van der Waals surface area contributed by atoms with Crippen LogP contribution >= 0.6 is 15.9 Å². The summed E-state index contributed by atoms with van der Waals surface area (Å²) in [6, 6.07) is 20.1. The van der Waals surface area contributed by atoms with E-state index >= 15 is 0 Å². The molecule has 5 nitrogen and oxygen atoms in total. The number of halogens is 1. The van der Waals surface area contributed by atoms with Gasteiger partial charge in [-0.2, -0.15) is 0 Å². The number of hydrogen-bond acceptors (Lipinski definition) is 3. The maximum atomic E-state index is 12.5. The molecule has 138 valence electrons. The molecule has 3 aromatic rings. The Morgan fingerprint density at radius 2 is 1.56 bits per heavy atom. The van der Waals surface area contributed by atoms with Crippen molar-refractivity contribution < 1.29 is 13.2 Å². The van der Waals surface area contributed by atoms with E-state index in [-0.39, 0.29) is 10.8 Å². The minimum atomic E-state index is -3.70. The van der Waals surface area contributed by atoms with Crippen molar-refractivity contribution in [1.29, 1.82) is 0 Å². The van der Waals surface area contributed by atoms with Crippen LogP contribution in [0.1, 0.15) is 15.9 Å². The summed E-state index contributed by atoms with van der Waals surface area (Å²) in [6.07, 6.45) is 0. The molecule has 2 N–H and O–H groups in total. The summed E-state index contributed by atoms with van der Waals surface area (Å²) in [4.78, 5) is 12.3. The van der Waals surface area contributed by atoms with Gasteiger partial charge in [0, 0.05) is 21.4 Å². The molecule has 1 amide bonds. The third kappa shape index (κ3) is 4.96. The lowest BCUT2D eigenvalue weighted by molar-refractivity contribution is 0.102. The number of amides is 1. The van der Waals surface area contributed by atoms with Crippen molar-refractivity contribution in [2.24, 2.45) is 0 Å². The first-order valence-electron chi connectivity index (χ1n) is 8.10. The first-order chi connectivity index (χ1) is 12.8. The predicted octanol–water partition coefficient (Wildman–Crippen LogP) is 4.81. The molecule has 0 spiro atoms. The van der Waals surface area contributed by atoms with E-state index in [2.05, 4.69) is 26.0 Å². The van der Waals surface area contributed by atoms with Crippen molar-refractivity contribution in [3.05, 3.63) is 88.4 Å². The molecule has 0 saturated carbocycles. The Bertz CT molecular complexity index is 1060. The van der Waals surface area contributed by atoms with Crippen molar-refractivity contribution in [2.45, 2.75) is 11.8 Å². The van der Waals surface area contributed by atoms with Crippen LogP contribution in [0.5, 0.6) is 0 Å². The smallest absolute Gasteiger partial charge is 0.261 e. The van der Waals surface area contributed by atoms with Gasteiger partial charge in [0.2, 0.25) is 0 Å². The molecule has 0 aliphatic rings. The molecule has 0 aliphatic carbocycles. The second-order valence-electron chi connectivity index (χ2n) is 5.96. The van der Waals surface area contributed by atoms with E-state index in [0.717, 1.165) is 10.0 Å². The molecule has 0 saturated heterocycles. The summed E-state index contributed by atoms with van der Waals surface area (Å²) in [5.74, 6) is -0.268. The molecule has 0 fully saturated rings. The maximum Gasteiger partial charge on any atom is 0.261 e. The highest BCUT2D eigenvalue weighted by Crippen LogP contribution is 2.19. The van der Waals surface area contributed by atoms with Crippen molar-refractivity contribution in [3.63, 3.8) is 0 Å². The highest BCUT2D eigenvalue weighted by atomic mass is 79.9. The topological polar surface area (TPSA) is 75.3 Å². The molecular weight excluding hydrogens is 428 g/mol. The lowest BCUT2D eigenvalue weighted by atomic mass is 10.2. The number of aryl methyl sites for hydroxylation is 1. The zero-order chi connectivity index (χ0) is 19.4. The number of benzene rings is 3. The van der Waals surface area contributed by atoms with Gasteiger partial charge >= 0.3 is 0 Å². The van der Waals surface area contributed by atoms with Gasteiger partial charge in [0.05, 0.1) is 4.90 Å². The zero-order valence-electron chi connectivity index (χ0n) is 14.4. The minimum absolute atomic E-state index is 0.116. The Hall–Kier alpha value is -2.64. The monoisotopic (exact) mass is 444 g/mol. The predicted molar refractivity (Wildman–Crippen MR) is 111 cm³/mol. The van der Waals surface area contributed by atoms with E-state index in [9.17, 15) is 13.2 Å². The average Bonchev–Trinajstić information content (AvgIpc) is 2.62. The molecule has 0 aromatic heterocycles. The summed E-state index contributed by atoms with van der Waals surface area (Å²) in [5, 5.41) is 2.74. The SMILES string of the molecule is Cc1cccc(NS(=O)(=O)c2ccc(NC(=O)c3ccc(Br)cc3)cc2)c1. The number of carbonyl (C=O) groups is 1. The fraction of sp³-hybridized carbons (Fsp3) is 0.0500. The second-order valence-corrected chi connectivity index (χ2v) is 8.56. The highest BCUT2D eigenvalue weighted by Gasteiger charge is 2.14. The normalized spacial score (nSPS) is 11.0. The Balaban J connectivity index is 1.72. The number of sulfonamides is 1. The Kier molecular flexibility index (Phi) is 5.62. The molecule has 0 aliphatic heterocycles. The van der Waals surface area contributed by atoms with E-state index in [1.54, 1.807) is 54.6 Å². The van der Waals surface area contributed by atoms with Crippen LogP contribution in [0.15, 0.2) is 82.2 Å². The van der Waals surface area contributed by atoms with Crippen molar-refractivity contribution in [3.8, 4) is 0 Å². The van der Waals surface area contributed by atoms with Gasteiger partial charge in [-0.3, -0.25) is 9.52 Å². The summed E-state index contributed by atoms with van der Waals surface area (Å²) in [5.41, 5.74) is 2.48. The first kappa shape index (κ1) is 19.1. The number of nitrogens with one attached hydrogen (secondary N) is 2. The Morgan fingerprint density at radius 1 is 0.889 bits per heavy atom. The van der Waals surface area contributed by atoms with Gasteiger partial charge in [-0.1, -0.05) is 28.1 Å². The molecule has 3 aromatic carbocycles. The summed E-state index contributed by atoms with van der Waals surface area (Å²) < 4.78 is 28.4. The van der Waals surface area contributed by atoms with E-state index in [4.69, 9.17) is 0 Å². The van der Waals surface area contributed by atoms with E-state index in [1.165, 1.54) is 12.1 Å². The van der Waals surface area contributed by atoms with Crippen LogP contribution in [0.3, 0.4) is 0 Å². The summed E-state index contributed by atoms with van der Waals surface area (Å²) in [7, 11) is -3.70. The number of rotatable bonds is 5. The van der Waals surface area contributed by atoms with Gasteiger partial charge < -0.3 is 5.32 Å². The molecule has 7 heteroatoms. The quantitative estimate of drug-likeness (QED) is 0.592. The molecule has 0 unspecified atom stereocenters. The molecule has 0 radical (unpaired) electrons. The van der Waals surface area contributed by atoms with Crippen LogP contribution in [-0.4, -0.2) is 14.3 Å². The Morgan fingerprint density at radius 3 is 2.19 bits per heavy atom. The van der Waals surface area contributed by atoms with Crippen LogP contribution in [0, 0.1) is 6.92 Å². The van der Waals surface area contributed by atoms with Gasteiger partial charge in [-0.15, -0.1) is 0 Å². The summed E-state index contributed by atoms with van der Waals surface area (Å²) in [6.45, 7) is 1.89. The molecular formula is C20H17BrN2O3S. The standard InChI is InChI=1S/C20H17BrN2O3S/c1-14-3-2-4-18(13-14)23-27(25,26)19-11-9-17(10-12-19)22-20(24)15-5-7-16(21)8-6-15/h2-13,23H,1H3,(H,22,24). The van der Waals surface area contributed by atoms with Crippen LogP contribution in [0.25, 0.3) is 0 Å². The lowest BCUT2D eigenvalue weighted by Crippen LogP contribution is -2.14. The number of anilines is 2. The second kappa shape index (κ2) is 7.94. The van der Waals surface area contributed by atoms with Gasteiger partial charge in [-0.05, 0) is 73.2 Å². The van der Waals surface area contributed by atoms with Crippen molar-refractivity contribution in [1.82, 2.24) is 0 Å². The Labute approximate surface area is 166 Å².